The summed E-state index contributed by atoms with van der Waals surface area (Å²) in [5, 5.41) is 0. The molecular formula is C19H21FN4O. The molecule has 0 unspecified atom stereocenters. The molecule has 0 bridgehead atoms. The van der Waals surface area contributed by atoms with E-state index in [1.807, 2.05) is 17.0 Å². The highest BCUT2D eigenvalue weighted by Crippen LogP contribution is 2.41. The number of halogens is 1. The third-order valence-electron chi connectivity index (χ3n) is 5.35. The maximum Gasteiger partial charge on any atom is 0.234 e. The summed E-state index contributed by atoms with van der Waals surface area (Å²) < 4.78 is 13.1. The van der Waals surface area contributed by atoms with Crippen molar-refractivity contribution in [3.05, 3.63) is 54.4 Å². The number of likely N-dealkylation sites (tertiary alicyclic amines) is 1. The van der Waals surface area contributed by atoms with E-state index < -0.39 is 0 Å². The average Bonchev–Trinajstić information content (AvgIpc) is 2.94. The van der Waals surface area contributed by atoms with Crippen molar-refractivity contribution in [3.63, 3.8) is 0 Å². The number of nitrogens with zero attached hydrogens (tertiary/aromatic N) is 4. The van der Waals surface area contributed by atoms with Crippen LogP contribution in [0.5, 0.6) is 0 Å². The van der Waals surface area contributed by atoms with Gasteiger partial charge in [0.1, 0.15) is 12.1 Å². The zero-order valence-corrected chi connectivity index (χ0v) is 14.1. The monoisotopic (exact) mass is 340 g/mol. The molecule has 0 saturated carbocycles. The molecule has 1 spiro atoms. The molecule has 2 saturated heterocycles. The van der Waals surface area contributed by atoms with E-state index in [-0.39, 0.29) is 17.1 Å². The lowest BCUT2D eigenvalue weighted by molar-refractivity contribution is -0.128. The van der Waals surface area contributed by atoms with Crippen molar-refractivity contribution in [1.82, 2.24) is 14.9 Å². The Morgan fingerprint density at radius 2 is 1.84 bits per heavy atom. The number of carbonyl (C=O) groups excluding carboxylic acids is 1. The topological polar surface area (TPSA) is 49.3 Å². The van der Waals surface area contributed by atoms with E-state index in [2.05, 4.69) is 14.9 Å². The number of rotatable bonds is 3. The number of aromatic nitrogens is 2. The highest BCUT2D eigenvalue weighted by molar-refractivity contribution is 5.99. The van der Waals surface area contributed by atoms with Gasteiger partial charge < -0.3 is 4.90 Å². The standard InChI is InChI=1S/C19H21FN4O/c20-16-4-2-15(3-5-16)12-23-8-1-6-19(13-23)7-9-24(18(19)25)17-10-21-14-22-11-17/h2-5,10-11,14H,1,6-9,12-13H2/t19-/m1/s1. The van der Waals surface area contributed by atoms with Gasteiger partial charge in [0.15, 0.2) is 0 Å². The van der Waals surface area contributed by atoms with Gasteiger partial charge >= 0.3 is 0 Å². The van der Waals surface area contributed by atoms with Crippen LogP contribution in [0.3, 0.4) is 0 Å². The molecular weight excluding hydrogens is 319 g/mol. The Morgan fingerprint density at radius 3 is 2.60 bits per heavy atom. The number of anilines is 1. The van der Waals surface area contributed by atoms with Gasteiger partial charge in [0, 0.05) is 19.6 Å². The highest BCUT2D eigenvalue weighted by atomic mass is 19.1. The molecule has 3 heterocycles. The van der Waals surface area contributed by atoms with Gasteiger partial charge in [-0.1, -0.05) is 12.1 Å². The Hall–Kier alpha value is -2.34. The molecule has 6 heteroatoms. The number of benzene rings is 1. The molecule has 4 rings (SSSR count). The van der Waals surface area contributed by atoms with E-state index in [4.69, 9.17) is 0 Å². The molecule has 1 amide bonds. The Kier molecular flexibility index (Phi) is 4.21. The van der Waals surface area contributed by atoms with Gasteiger partial charge in [-0.05, 0) is 43.5 Å². The van der Waals surface area contributed by atoms with Crippen LogP contribution in [0, 0.1) is 11.2 Å². The lowest BCUT2D eigenvalue weighted by Gasteiger charge is -2.39. The molecule has 2 aliphatic heterocycles. The van der Waals surface area contributed by atoms with Crippen molar-refractivity contribution in [3.8, 4) is 0 Å². The molecule has 2 aromatic rings. The van der Waals surface area contributed by atoms with Crippen LogP contribution in [0.1, 0.15) is 24.8 Å². The Morgan fingerprint density at radius 1 is 1.08 bits per heavy atom. The minimum absolute atomic E-state index is 0.186. The van der Waals surface area contributed by atoms with Crippen molar-refractivity contribution in [2.75, 3.05) is 24.5 Å². The average molecular weight is 340 g/mol. The van der Waals surface area contributed by atoms with E-state index >= 15 is 0 Å². The van der Waals surface area contributed by atoms with Crippen LogP contribution in [0.25, 0.3) is 0 Å². The SMILES string of the molecule is O=C1N(c2cncnc2)CC[C@@]12CCCN(Cc1ccc(F)cc1)C2. The first-order valence-electron chi connectivity index (χ1n) is 8.70. The zero-order valence-electron chi connectivity index (χ0n) is 14.1. The molecule has 25 heavy (non-hydrogen) atoms. The fourth-order valence-corrected chi connectivity index (χ4v) is 4.09. The second-order valence-electron chi connectivity index (χ2n) is 7.02. The van der Waals surface area contributed by atoms with Gasteiger partial charge in [0.05, 0.1) is 23.5 Å². The molecule has 0 radical (unpaired) electrons. The third-order valence-corrected chi connectivity index (χ3v) is 5.35. The lowest BCUT2D eigenvalue weighted by Crippen LogP contribution is -2.47. The van der Waals surface area contributed by atoms with Gasteiger partial charge in [-0.2, -0.15) is 0 Å². The molecule has 5 nitrogen and oxygen atoms in total. The van der Waals surface area contributed by atoms with Crippen LogP contribution in [0.15, 0.2) is 43.0 Å². The van der Waals surface area contributed by atoms with Gasteiger partial charge in [-0.25, -0.2) is 14.4 Å². The van der Waals surface area contributed by atoms with Crippen LogP contribution in [-0.2, 0) is 11.3 Å². The number of carbonyl (C=O) groups is 1. The molecule has 1 atom stereocenters. The first-order chi connectivity index (χ1) is 12.2. The summed E-state index contributed by atoms with van der Waals surface area (Å²) in [5.74, 6) is -0.0309. The zero-order chi connectivity index (χ0) is 17.3. The van der Waals surface area contributed by atoms with Crippen molar-refractivity contribution in [2.45, 2.75) is 25.8 Å². The Labute approximate surface area is 146 Å². The molecule has 1 aromatic carbocycles. The summed E-state index contributed by atoms with van der Waals surface area (Å²) in [6.07, 6.45) is 7.67. The molecule has 0 N–H and O–H groups in total. The van der Waals surface area contributed by atoms with E-state index in [9.17, 15) is 9.18 Å². The van der Waals surface area contributed by atoms with Crippen molar-refractivity contribution >= 4 is 11.6 Å². The van der Waals surface area contributed by atoms with Crippen molar-refractivity contribution in [1.29, 1.82) is 0 Å². The van der Waals surface area contributed by atoms with Crippen LogP contribution in [0.2, 0.25) is 0 Å². The normalized spacial score (nSPS) is 24.2. The van der Waals surface area contributed by atoms with E-state index in [0.29, 0.717) is 0 Å². The second kappa shape index (κ2) is 6.52. The van der Waals surface area contributed by atoms with E-state index in [1.54, 1.807) is 12.4 Å². The van der Waals surface area contributed by atoms with E-state index in [1.165, 1.54) is 18.5 Å². The second-order valence-corrected chi connectivity index (χ2v) is 7.02. The summed E-state index contributed by atoms with van der Waals surface area (Å²) >= 11 is 0. The van der Waals surface area contributed by atoms with Crippen LogP contribution >= 0.6 is 0 Å². The van der Waals surface area contributed by atoms with Crippen LogP contribution < -0.4 is 4.90 Å². The largest absolute Gasteiger partial charge is 0.309 e. The Bertz CT molecular complexity index is 752. The fraction of sp³-hybridized carbons (Fsp3) is 0.421. The highest BCUT2D eigenvalue weighted by Gasteiger charge is 2.49. The van der Waals surface area contributed by atoms with Gasteiger partial charge in [-0.3, -0.25) is 9.69 Å². The summed E-state index contributed by atoms with van der Waals surface area (Å²) in [6, 6.07) is 6.63. The maximum absolute atomic E-state index is 13.1. The minimum atomic E-state index is -0.311. The fourth-order valence-electron chi connectivity index (χ4n) is 4.09. The summed E-state index contributed by atoms with van der Waals surface area (Å²) in [7, 11) is 0. The quantitative estimate of drug-likeness (QED) is 0.862. The molecule has 130 valence electrons. The van der Waals surface area contributed by atoms with Gasteiger partial charge in [-0.15, -0.1) is 0 Å². The van der Waals surface area contributed by atoms with Crippen molar-refractivity contribution < 1.29 is 9.18 Å². The molecule has 1 aromatic heterocycles. The predicted octanol–water partition coefficient (Wildman–Crippen LogP) is 2.63. The first kappa shape index (κ1) is 16.1. The summed E-state index contributed by atoms with van der Waals surface area (Å²) in [6.45, 7) is 3.20. The van der Waals surface area contributed by atoms with Crippen molar-refractivity contribution in [2.24, 2.45) is 5.41 Å². The van der Waals surface area contributed by atoms with E-state index in [0.717, 1.165) is 56.7 Å². The number of hydrogen-bond acceptors (Lipinski definition) is 4. The third kappa shape index (κ3) is 3.14. The number of piperidine rings is 1. The first-order valence-corrected chi connectivity index (χ1v) is 8.70. The maximum atomic E-state index is 13.1. The minimum Gasteiger partial charge on any atom is -0.309 e. The Balaban J connectivity index is 1.48. The smallest absolute Gasteiger partial charge is 0.234 e. The molecule has 2 fully saturated rings. The molecule has 0 aliphatic carbocycles. The summed E-state index contributed by atoms with van der Waals surface area (Å²) in [4.78, 5) is 25.3. The van der Waals surface area contributed by atoms with Gasteiger partial charge in [0.25, 0.3) is 0 Å². The summed E-state index contributed by atoms with van der Waals surface area (Å²) in [5.41, 5.74) is 1.55. The number of amides is 1. The van der Waals surface area contributed by atoms with Gasteiger partial charge in [0.2, 0.25) is 5.91 Å². The lowest BCUT2D eigenvalue weighted by atomic mass is 9.78. The van der Waals surface area contributed by atoms with Crippen LogP contribution in [0.4, 0.5) is 10.1 Å². The van der Waals surface area contributed by atoms with Crippen LogP contribution in [-0.4, -0.2) is 40.4 Å². The predicted molar refractivity (Wildman–Crippen MR) is 92.3 cm³/mol. The molecule has 2 aliphatic rings. The number of hydrogen-bond donors (Lipinski definition) is 0.